The smallest absolute Gasteiger partial charge is 0.406 e. The number of rotatable bonds is 2. The van der Waals surface area contributed by atoms with Gasteiger partial charge in [0.05, 0.1) is 49.6 Å². The Balaban J connectivity index is 2.86. The third kappa shape index (κ3) is 3.98. The Labute approximate surface area is 208 Å². The van der Waals surface area contributed by atoms with E-state index in [-0.39, 0.29) is 0 Å². The quantitative estimate of drug-likeness (QED) is 0.260. The molecule has 15 heteroatoms. The average molecular weight is 521 g/mol. The van der Waals surface area contributed by atoms with Crippen molar-refractivity contribution in [1.82, 2.24) is 0 Å². The van der Waals surface area contributed by atoms with Crippen molar-refractivity contribution >= 4 is 22.4 Å². The summed E-state index contributed by atoms with van der Waals surface area (Å²) in [4.78, 5) is 11.6. The monoisotopic (exact) mass is 521 g/mol. The highest BCUT2D eigenvalue weighted by molar-refractivity contribution is 6.16. The van der Waals surface area contributed by atoms with E-state index in [9.17, 15) is 42.1 Å². The second-order valence-corrected chi connectivity index (χ2v) is 6.77. The maximum absolute atomic E-state index is 13.6. The lowest BCUT2D eigenvalue weighted by Crippen LogP contribution is -2.22. The summed E-state index contributed by atoms with van der Waals surface area (Å²) in [7, 11) is 0. The topological polar surface area (TPSA) is 107 Å². The van der Waals surface area contributed by atoms with Gasteiger partial charge in [-0.25, -0.2) is 19.8 Å². The molecule has 0 spiro atoms. The van der Waals surface area contributed by atoms with E-state index in [0.717, 1.165) is 0 Å². The van der Waals surface area contributed by atoms with Crippen LogP contribution in [-0.2, 0) is 0 Å². The molecule has 9 nitrogen and oxygen atoms in total. The number of hydrogen-bond donors (Lipinski definition) is 0. The second-order valence-electron chi connectivity index (χ2n) is 6.77. The molecule has 1 aromatic rings. The van der Waals surface area contributed by atoms with Crippen molar-refractivity contribution in [3.05, 3.63) is 91.1 Å². The molecule has 0 unspecified atom stereocenters. The molecule has 0 heterocycles. The standard InChI is InChI=1S/C23HF6N7O2/c1-33-8-11-9(5-30)10(6-31)13-14(11)20(37-22(24,25)26)16-15(12(7-32)34-2)18(35-3)19(36-4)17(16)21(13)38-23(27,28)29/h8H/b11-8-,15-12-. The summed E-state index contributed by atoms with van der Waals surface area (Å²) < 4.78 is 89.8. The highest BCUT2D eigenvalue weighted by Crippen LogP contribution is 2.61. The minimum atomic E-state index is -5.60. The summed E-state index contributed by atoms with van der Waals surface area (Å²) in [5.41, 5.74) is -10.9. The Morgan fingerprint density at radius 1 is 0.737 bits per heavy atom. The minimum absolute atomic E-state index is 0.451. The summed E-state index contributed by atoms with van der Waals surface area (Å²) in [6.45, 7) is 29.1. The lowest BCUT2D eigenvalue weighted by molar-refractivity contribution is -0.277. The van der Waals surface area contributed by atoms with Crippen LogP contribution in [0.2, 0.25) is 0 Å². The summed E-state index contributed by atoms with van der Waals surface area (Å²) in [5.74, 6) is -2.91. The number of hydrogen-bond acceptors (Lipinski definition) is 5. The number of nitriles is 3. The fraction of sp³-hybridized carbons (Fsp3) is 0.0870. The Morgan fingerprint density at radius 3 is 1.66 bits per heavy atom. The van der Waals surface area contributed by atoms with Crippen molar-refractivity contribution in [3.8, 4) is 29.7 Å². The highest BCUT2D eigenvalue weighted by atomic mass is 19.4. The number of benzene rings is 1. The molecule has 3 rings (SSSR count). The van der Waals surface area contributed by atoms with Gasteiger partial charge in [0.15, 0.2) is 11.9 Å². The number of halogens is 6. The van der Waals surface area contributed by atoms with Crippen LogP contribution >= 0.6 is 0 Å². The van der Waals surface area contributed by atoms with Gasteiger partial charge in [-0.1, -0.05) is 0 Å². The number of fused-ring (bicyclic) bond motifs is 2. The molecule has 0 amide bonds. The van der Waals surface area contributed by atoms with Gasteiger partial charge in [-0.15, -0.1) is 26.3 Å². The molecule has 0 fully saturated rings. The number of allylic oxidation sites excluding steroid dienone is 5. The van der Waals surface area contributed by atoms with Crippen molar-refractivity contribution < 1.29 is 35.8 Å². The summed E-state index contributed by atoms with van der Waals surface area (Å²) in [6.07, 6.45) is -10.7. The van der Waals surface area contributed by atoms with Crippen LogP contribution in [0.3, 0.4) is 0 Å². The molecule has 1 aromatic carbocycles. The fourth-order valence-corrected chi connectivity index (χ4v) is 3.85. The zero-order valence-corrected chi connectivity index (χ0v) is 17.8. The Hall–Kier alpha value is -6.21. The SMILES string of the molecule is [C-]#[N+]/C=C1/C(C#N)=C(C#N)c2c(OC(F)(F)F)c3c(c(OC(F)(F)F)c21)/C(=C(\C#N)[N+]#[C-])C([N+]#[C-])=C3[N+]#[C-]. The van der Waals surface area contributed by atoms with E-state index < -0.39 is 85.9 Å². The first kappa shape index (κ1) is 26.4. The van der Waals surface area contributed by atoms with Gasteiger partial charge >= 0.3 is 12.7 Å². The normalized spacial score (nSPS) is 16.1. The van der Waals surface area contributed by atoms with Crippen molar-refractivity contribution in [1.29, 1.82) is 15.8 Å². The van der Waals surface area contributed by atoms with Crippen molar-refractivity contribution in [2.45, 2.75) is 12.7 Å². The molecule has 0 N–H and O–H groups in total. The molecule has 0 saturated heterocycles. The maximum atomic E-state index is 13.6. The zero-order chi connectivity index (χ0) is 28.6. The van der Waals surface area contributed by atoms with E-state index in [1.165, 1.54) is 18.2 Å². The van der Waals surface area contributed by atoms with Crippen LogP contribution < -0.4 is 9.47 Å². The molecule has 38 heavy (non-hydrogen) atoms. The fourth-order valence-electron chi connectivity index (χ4n) is 3.85. The van der Waals surface area contributed by atoms with Crippen LogP contribution in [0.5, 0.6) is 11.5 Å². The maximum Gasteiger partial charge on any atom is 0.573 e. The van der Waals surface area contributed by atoms with Gasteiger partial charge in [0.25, 0.3) is 5.70 Å². The van der Waals surface area contributed by atoms with Crippen molar-refractivity contribution in [3.63, 3.8) is 0 Å². The lowest BCUT2D eigenvalue weighted by atomic mass is 9.91. The number of ether oxygens (including phenoxy) is 2. The molecule has 0 aromatic heterocycles. The molecule has 0 radical (unpaired) electrons. The molecule has 182 valence electrons. The van der Waals surface area contributed by atoms with Gasteiger partial charge in [0.1, 0.15) is 17.6 Å². The predicted octanol–water partition coefficient (Wildman–Crippen LogP) is 6.23. The Bertz CT molecular complexity index is 1740. The van der Waals surface area contributed by atoms with Crippen LogP contribution in [0.15, 0.2) is 23.2 Å². The minimum Gasteiger partial charge on any atom is -0.406 e. The number of nitrogens with zero attached hydrogens (tertiary/aromatic N) is 7. The molecule has 2 aliphatic carbocycles. The van der Waals surface area contributed by atoms with E-state index in [2.05, 4.69) is 28.9 Å². The van der Waals surface area contributed by atoms with Crippen LogP contribution in [-0.4, -0.2) is 12.7 Å². The average Bonchev–Trinajstić information content (AvgIpc) is 3.33. The summed E-state index contributed by atoms with van der Waals surface area (Å²) in [5, 5.41) is 28.6. The predicted molar refractivity (Wildman–Crippen MR) is 112 cm³/mol. The van der Waals surface area contributed by atoms with E-state index >= 15 is 0 Å². The molecule has 2 aliphatic rings. The third-order valence-corrected chi connectivity index (χ3v) is 4.93. The van der Waals surface area contributed by atoms with Crippen LogP contribution in [0.4, 0.5) is 26.3 Å². The first-order valence-electron chi connectivity index (χ1n) is 9.23. The number of alkyl halides is 6. The van der Waals surface area contributed by atoms with Gasteiger partial charge in [-0.05, 0) is 5.57 Å². The zero-order valence-electron chi connectivity index (χ0n) is 17.8. The molecule has 0 saturated carbocycles. The van der Waals surface area contributed by atoms with Crippen LogP contribution in [0.1, 0.15) is 22.3 Å². The molecular formula is C23HF6N7O2. The highest BCUT2D eigenvalue weighted by Gasteiger charge is 2.48. The second kappa shape index (κ2) is 9.10. The summed E-state index contributed by atoms with van der Waals surface area (Å²) >= 11 is 0. The van der Waals surface area contributed by atoms with Gasteiger partial charge in [0.2, 0.25) is 5.70 Å². The van der Waals surface area contributed by atoms with Crippen molar-refractivity contribution in [2.75, 3.05) is 0 Å². The Kier molecular flexibility index (Phi) is 6.32. The van der Waals surface area contributed by atoms with Gasteiger partial charge < -0.3 is 9.47 Å². The van der Waals surface area contributed by atoms with Crippen LogP contribution in [0, 0.1) is 60.3 Å². The van der Waals surface area contributed by atoms with Gasteiger partial charge in [-0.3, -0.25) is 4.85 Å². The van der Waals surface area contributed by atoms with E-state index in [0.29, 0.717) is 6.20 Å². The lowest BCUT2D eigenvalue weighted by Gasteiger charge is -2.23. The van der Waals surface area contributed by atoms with Gasteiger partial charge in [0, 0.05) is 27.8 Å². The first-order chi connectivity index (χ1) is 17.8. The third-order valence-electron chi connectivity index (χ3n) is 4.93. The summed E-state index contributed by atoms with van der Waals surface area (Å²) in [6, 6.07) is 4.15. The molecular weight excluding hydrogens is 520 g/mol. The first-order valence-corrected chi connectivity index (χ1v) is 9.23. The van der Waals surface area contributed by atoms with E-state index in [1.807, 2.05) is 0 Å². The largest absolute Gasteiger partial charge is 0.573 e. The molecule has 0 bridgehead atoms. The molecule has 0 atom stereocenters. The van der Waals surface area contributed by atoms with Gasteiger partial charge in [-0.2, -0.15) is 10.5 Å². The van der Waals surface area contributed by atoms with Crippen LogP contribution in [0.25, 0.3) is 41.8 Å². The van der Waals surface area contributed by atoms with Crippen molar-refractivity contribution in [2.24, 2.45) is 0 Å². The van der Waals surface area contributed by atoms with E-state index in [4.69, 9.17) is 26.3 Å². The Morgan fingerprint density at radius 2 is 1.26 bits per heavy atom. The van der Waals surface area contributed by atoms with E-state index in [1.54, 1.807) is 0 Å². The molecule has 0 aliphatic heterocycles.